The Balaban J connectivity index is 1.73. The third-order valence-electron chi connectivity index (χ3n) is 3.13. The molecular formula is C13H6ClN5OS2. The summed E-state index contributed by atoms with van der Waals surface area (Å²) in [6.07, 6.45) is 0. The van der Waals surface area contributed by atoms with Crippen molar-refractivity contribution < 1.29 is 4.79 Å². The van der Waals surface area contributed by atoms with E-state index in [2.05, 4.69) is 22.8 Å². The quantitative estimate of drug-likeness (QED) is 0.599. The van der Waals surface area contributed by atoms with Gasteiger partial charge in [0.15, 0.2) is 0 Å². The van der Waals surface area contributed by atoms with Crippen molar-refractivity contribution in [3.63, 3.8) is 0 Å². The van der Waals surface area contributed by atoms with Crippen molar-refractivity contribution in [3.05, 3.63) is 40.9 Å². The zero-order valence-corrected chi connectivity index (χ0v) is 13.2. The molecule has 6 nitrogen and oxygen atoms in total. The highest BCUT2D eigenvalue weighted by molar-refractivity contribution is 7.00. The number of fused-ring (bicyclic) bond motifs is 2. The van der Waals surface area contributed by atoms with Gasteiger partial charge in [0.1, 0.15) is 22.1 Å². The van der Waals surface area contributed by atoms with Gasteiger partial charge in [0.05, 0.1) is 34.2 Å². The van der Waals surface area contributed by atoms with Crippen molar-refractivity contribution in [2.45, 2.75) is 0 Å². The molecule has 0 aliphatic carbocycles. The SMILES string of the molecule is O=C(Nc1c(Cl)ccc2nsnc12)c1ccc2nsnc2c1. The lowest BCUT2D eigenvalue weighted by Crippen LogP contribution is -2.12. The number of anilines is 1. The topological polar surface area (TPSA) is 80.7 Å². The van der Waals surface area contributed by atoms with Gasteiger partial charge in [-0.05, 0) is 30.3 Å². The molecule has 2 aromatic carbocycles. The smallest absolute Gasteiger partial charge is 0.255 e. The summed E-state index contributed by atoms with van der Waals surface area (Å²) in [5.74, 6) is -0.280. The van der Waals surface area contributed by atoms with Crippen molar-refractivity contribution in [2.75, 3.05) is 5.32 Å². The zero-order valence-electron chi connectivity index (χ0n) is 10.8. The van der Waals surface area contributed by atoms with Crippen LogP contribution >= 0.6 is 35.1 Å². The van der Waals surface area contributed by atoms with Crippen LogP contribution in [0.1, 0.15) is 10.4 Å². The highest BCUT2D eigenvalue weighted by atomic mass is 35.5. The second kappa shape index (κ2) is 5.24. The molecule has 0 spiro atoms. The Bertz CT molecular complexity index is 1010. The number of carbonyl (C=O) groups is 1. The fraction of sp³-hybridized carbons (Fsp3) is 0. The highest BCUT2D eigenvalue weighted by Gasteiger charge is 2.15. The lowest BCUT2D eigenvalue weighted by Gasteiger charge is -2.07. The largest absolute Gasteiger partial charge is 0.319 e. The van der Waals surface area contributed by atoms with Crippen LogP contribution in [0.3, 0.4) is 0 Å². The number of rotatable bonds is 2. The maximum absolute atomic E-state index is 12.4. The average Bonchev–Trinajstić information content (AvgIpc) is 3.17. The molecular weight excluding hydrogens is 342 g/mol. The molecule has 108 valence electrons. The molecule has 1 amide bonds. The van der Waals surface area contributed by atoms with Gasteiger partial charge in [-0.25, -0.2) is 0 Å². The first kappa shape index (κ1) is 13.5. The third-order valence-corrected chi connectivity index (χ3v) is 4.55. The number of hydrogen-bond donors (Lipinski definition) is 1. The molecule has 1 N–H and O–H groups in total. The summed E-state index contributed by atoms with van der Waals surface area (Å²) in [5.41, 5.74) is 3.69. The zero-order chi connectivity index (χ0) is 15.1. The van der Waals surface area contributed by atoms with Crippen LogP contribution in [0, 0.1) is 0 Å². The maximum atomic E-state index is 12.4. The van der Waals surface area contributed by atoms with Crippen LogP contribution in [0.4, 0.5) is 5.69 Å². The van der Waals surface area contributed by atoms with E-state index >= 15 is 0 Å². The van der Waals surface area contributed by atoms with Gasteiger partial charge in [0.2, 0.25) is 0 Å². The molecule has 0 bridgehead atoms. The molecule has 0 saturated carbocycles. The van der Waals surface area contributed by atoms with Gasteiger partial charge in [-0.15, -0.1) is 0 Å². The molecule has 0 aliphatic rings. The summed E-state index contributed by atoms with van der Waals surface area (Å²) in [6.45, 7) is 0. The second-order valence-electron chi connectivity index (χ2n) is 4.48. The molecule has 0 fully saturated rings. The van der Waals surface area contributed by atoms with Crippen LogP contribution in [-0.4, -0.2) is 23.4 Å². The van der Waals surface area contributed by atoms with E-state index < -0.39 is 0 Å². The number of hydrogen-bond acceptors (Lipinski definition) is 7. The van der Waals surface area contributed by atoms with Crippen molar-refractivity contribution >= 4 is 68.7 Å². The number of nitrogens with zero attached hydrogens (tertiary/aromatic N) is 4. The molecule has 0 unspecified atom stereocenters. The molecule has 0 saturated heterocycles. The predicted molar refractivity (Wildman–Crippen MR) is 87.8 cm³/mol. The summed E-state index contributed by atoms with van der Waals surface area (Å²) in [4.78, 5) is 12.4. The average molecular weight is 348 g/mol. The lowest BCUT2D eigenvalue weighted by atomic mass is 10.1. The Morgan fingerprint density at radius 2 is 1.68 bits per heavy atom. The number of carbonyl (C=O) groups excluding carboxylic acids is 1. The minimum Gasteiger partial charge on any atom is -0.319 e. The van der Waals surface area contributed by atoms with E-state index in [9.17, 15) is 4.79 Å². The van der Waals surface area contributed by atoms with Crippen LogP contribution < -0.4 is 5.32 Å². The number of amides is 1. The standard InChI is InChI=1S/C13H6ClN5OS2/c14-7-2-4-9-12(19-22-17-9)11(7)15-13(20)6-1-3-8-10(5-6)18-21-16-8/h1-5H,(H,15,20). The summed E-state index contributed by atoms with van der Waals surface area (Å²) in [7, 11) is 0. The Morgan fingerprint density at radius 3 is 2.59 bits per heavy atom. The van der Waals surface area contributed by atoms with Crippen LogP contribution in [0.25, 0.3) is 22.1 Å². The van der Waals surface area contributed by atoms with E-state index in [-0.39, 0.29) is 5.91 Å². The van der Waals surface area contributed by atoms with E-state index in [0.29, 0.717) is 32.8 Å². The van der Waals surface area contributed by atoms with E-state index in [1.807, 2.05) is 0 Å². The molecule has 2 heterocycles. The van der Waals surface area contributed by atoms with Crippen molar-refractivity contribution in [3.8, 4) is 0 Å². The Labute approximate surface area is 137 Å². The van der Waals surface area contributed by atoms with Gasteiger partial charge in [-0.2, -0.15) is 17.5 Å². The molecule has 4 aromatic rings. The predicted octanol–water partition coefficient (Wildman–Crippen LogP) is 3.60. The molecule has 22 heavy (non-hydrogen) atoms. The van der Waals surface area contributed by atoms with Crippen LogP contribution in [0.15, 0.2) is 30.3 Å². The first-order valence-electron chi connectivity index (χ1n) is 6.17. The number of benzene rings is 2. The minimum absolute atomic E-state index is 0.280. The lowest BCUT2D eigenvalue weighted by molar-refractivity contribution is 0.102. The van der Waals surface area contributed by atoms with Crippen LogP contribution in [0.5, 0.6) is 0 Å². The summed E-state index contributed by atoms with van der Waals surface area (Å²) in [6, 6.07) is 8.62. The Morgan fingerprint density at radius 1 is 0.955 bits per heavy atom. The van der Waals surface area contributed by atoms with Gasteiger partial charge < -0.3 is 5.32 Å². The molecule has 0 atom stereocenters. The van der Waals surface area contributed by atoms with Gasteiger partial charge in [0, 0.05) is 5.56 Å². The maximum Gasteiger partial charge on any atom is 0.255 e. The van der Waals surface area contributed by atoms with E-state index in [1.54, 1.807) is 30.3 Å². The van der Waals surface area contributed by atoms with Crippen molar-refractivity contribution in [2.24, 2.45) is 0 Å². The van der Waals surface area contributed by atoms with E-state index in [0.717, 1.165) is 29.0 Å². The first-order chi connectivity index (χ1) is 10.7. The van der Waals surface area contributed by atoms with Crippen molar-refractivity contribution in [1.29, 1.82) is 0 Å². The third kappa shape index (κ3) is 2.21. The van der Waals surface area contributed by atoms with Gasteiger partial charge in [0.25, 0.3) is 5.91 Å². The first-order valence-corrected chi connectivity index (χ1v) is 8.01. The fourth-order valence-electron chi connectivity index (χ4n) is 2.05. The number of aromatic nitrogens is 4. The molecule has 4 rings (SSSR count). The Hall–Kier alpha value is -2.16. The van der Waals surface area contributed by atoms with Gasteiger partial charge >= 0.3 is 0 Å². The van der Waals surface area contributed by atoms with Crippen molar-refractivity contribution in [1.82, 2.24) is 17.5 Å². The van der Waals surface area contributed by atoms with Gasteiger partial charge in [-0.1, -0.05) is 11.6 Å². The van der Waals surface area contributed by atoms with Crippen LogP contribution in [0.2, 0.25) is 5.02 Å². The molecule has 9 heteroatoms. The van der Waals surface area contributed by atoms with Gasteiger partial charge in [-0.3, -0.25) is 4.79 Å². The van der Waals surface area contributed by atoms with E-state index in [4.69, 9.17) is 11.6 Å². The fourth-order valence-corrected chi connectivity index (χ4v) is 3.31. The number of halogens is 1. The van der Waals surface area contributed by atoms with E-state index in [1.165, 1.54) is 0 Å². The number of nitrogens with one attached hydrogen (secondary N) is 1. The normalized spacial score (nSPS) is 11.1. The Kier molecular flexibility index (Phi) is 3.21. The molecule has 0 radical (unpaired) electrons. The summed E-state index contributed by atoms with van der Waals surface area (Å²) >= 11 is 8.36. The summed E-state index contributed by atoms with van der Waals surface area (Å²) in [5, 5.41) is 3.22. The molecule has 0 aliphatic heterocycles. The minimum atomic E-state index is -0.280. The van der Waals surface area contributed by atoms with Crippen LogP contribution in [-0.2, 0) is 0 Å². The second-order valence-corrected chi connectivity index (χ2v) is 5.94. The monoisotopic (exact) mass is 347 g/mol. The highest BCUT2D eigenvalue weighted by Crippen LogP contribution is 2.30. The summed E-state index contributed by atoms with van der Waals surface area (Å²) < 4.78 is 16.6. The molecule has 2 aromatic heterocycles.